The number of hydrogen-bond acceptors (Lipinski definition) is 1. The van der Waals surface area contributed by atoms with Crippen LogP contribution in [0.25, 0.3) is 0 Å². The molecule has 6 heteroatoms. The zero-order chi connectivity index (χ0) is 15.5. The Hall–Kier alpha value is -1.30. The Balaban J connectivity index is 0.00000242. The van der Waals surface area contributed by atoms with Gasteiger partial charge >= 0.3 is 6.18 Å². The van der Waals surface area contributed by atoms with Gasteiger partial charge in [-0.3, -0.25) is 0 Å². The van der Waals surface area contributed by atoms with E-state index in [1.165, 1.54) is 19.3 Å². The maximum atomic E-state index is 12.8. The largest absolute Gasteiger partial charge is 0.416 e. The van der Waals surface area contributed by atoms with Crippen LogP contribution in [0.15, 0.2) is 18.2 Å². The summed E-state index contributed by atoms with van der Waals surface area (Å²) in [5.74, 6) is 0. The standard InChI is InChI=1S/C15H19F3N2S.CH4/c1-10-7-11(15(16,17)18)9-13(8-10)20-14(21)19-12-5-3-2-4-6-12;/h7-9,12H,2-6H2,1H3,(H2,19,20,21);1H4. The van der Waals surface area contributed by atoms with Gasteiger partial charge in [-0.05, 0) is 55.7 Å². The number of benzene rings is 1. The van der Waals surface area contributed by atoms with Crippen LogP contribution >= 0.6 is 12.2 Å². The van der Waals surface area contributed by atoms with Crippen LogP contribution in [0, 0.1) is 6.92 Å². The molecule has 1 aromatic carbocycles. The Morgan fingerprint density at radius 2 is 1.77 bits per heavy atom. The number of anilines is 1. The quantitative estimate of drug-likeness (QED) is 0.722. The monoisotopic (exact) mass is 332 g/mol. The minimum Gasteiger partial charge on any atom is -0.360 e. The van der Waals surface area contributed by atoms with E-state index < -0.39 is 11.7 Å². The van der Waals surface area contributed by atoms with Crippen molar-refractivity contribution in [3.05, 3.63) is 29.3 Å². The number of alkyl halides is 3. The molecule has 1 saturated carbocycles. The molecule has 0 atom stereocenters. The van der Waals surface area contributed by atoms with Crippen LogP contribution in [0.3, 0.4) is 0 Å². The third-order valence-corrected chi connectivity index (χ3v) is 3.82. The van der Waals surface area contributed by atoms with Crippen molar-refractivity contribution in [2.45, 2.75) is 58.7 Å². The zero-order valence-electron chi connectivity index (χ0n) is 11.9. The summed E-state index contributed by atoms with van der Waals surface area (Å²) in [4.78, 5) is 0. The van der Waals surface area contributed by atoms with Gasteiger partial charge in [-0.1, -0.05) is 26.7 Å². The number of nitrogens with one attached hydrogen (secondary N) is 2. The normalized spacial score (nSPS) is 15.8. The highest BCUT2D eigenvalue weighted by atomic mass is 32.1. The number of aryl methyl sites for hydroxylation is 1. The molecule has 0 bridgehead atoms. The zero-order valence-corrected chi connectivity index (χ0v) is 12.7. The molecule has 0 saturated heterocycles. The summed E-state index contributed by atoms with van der Waals surface area (Å²) in [5, 5.41) is 6.44. The van der Waals surface area contributed by atoms with Gasteiger partial charge in [0.15, 0.2) is 5.11 Å². The van der Waals surface area contributed by atoms with Crippen molar-refractivity contribution in [3.8, 4) is 0 Å². The second-order valence-electron chi connectivity index (χ2n) is 5.52. The molecule has 1 aliphatic rings. The molecule has 0 radical (unpaired) electrons. The number of thiocarbonyl (C=S) groups is 1. The molecule has 0 amide bonds. The fraction of sp³-hybridized carbons (Fsp3) is 0.562. The molecule has 22 heavy (non-hydrogen) atoms. The third kappa shape index (κ3) is 5.48. The van der Waals surface area contributed by atoms with Crippen molar-refractivity contribution in [3.63, 3.8) is 0 Å². The second-order valence-corrected chi connectivity index (χ2v) is 5.93. The Bertz CT molecular complexity index is 509. The molecule has 1 aromatic rings. The first-order chi connectivity index (χ1) is 9.84. The van der Waals surface area contributed by atoms with E-state index in [-0.39, 0.29) is 7.43 Å². The third-order valence-electron chi connectivity index (χ3n) is 3.60. The average Bonchev–Trinajstić information content (AvgIpc) is 2.37. The first-order valence-corrected chi connectivity index (χ1v) is 7.52. The van der Waals surface area contributed by atoms with Gasteiger partial charge in [0.1, 0.15) is 0 Å². The lowest BCUT2D eigenvalue weighted by Gasteiger charge is -2.24. The summed E-state index contributed by atoms with van der Waals surface area (Å²) in [6, 6.07) is 4.19. The molecule has 2 rings (SSSR count). The Morgan fingerprint density at radius 3 is 2.36 bits per heavy atom. The molecular weight excluding hydrogens is 309 g/mol. The van der Waals surface area contributed by atoms with Crippen LogP contribution in [0.4, 0.5) is 18.9 Å². The molecule has 0 spiro atoms. The first kappa shape index (κ1) is 18.7. The lowest BCUT2D eigenvalue weighted by atomic mass is 9.96. The SMILES string of the molecule is C.Cc1cc(NC(=S)NC2CCCCC2)cc(C(F)(F)F)c1. The number of rotatable bonds is 2. The summed E-state index contributed by atoms with van der Waals surface area (Å²) in [5.41, 5.74) is 0.258. The fourth-order valence-electron chi connectivity index (χ4n) is 2.62. The highest BCUT2D eigenvalue weighted by Gasteiger charge is 2.31. The minimum absolute atomic E-state index is 0. The van der Waals surface area contributed by atoms with E-state index in [0.717, 1.165) is 25.0 Å². The molecule has 1 aliphatic carbocycles. The van der Waals surface area contributed by atoms with Gasteiger partial charge in [-0.2, -0.15) is 13.2 Å². The van der Waals surface area contributed by atoms with E-state index >= 15 is 0 Å². The van der Waals surface area contributed by atoms with Gasteiger partial charge in [0.05, 0.1) is 5.56 Å². The van der Waals surface area contributed by atoms with Gasteiger partial charge in [0.25, 0.3) is 0 Å². The Morgan fingerprint density at radius 1 is 1.14 bits per heavy atom. The van der Waals surface area contributed by atoms with Gasteiger partial charge in [-0.25, -0.2) is 0 Å². The van der Waals surface area contributed by atoms with Crippen LogP contribution in [-0.2, 0) is 6.18 Å². The smallest absolute Gasteiger partial charge is 0.360 e. The van der Waals surface area contributed by atoms with Crippen molar-refractivity contribution >= 4 is 23.0 Å². The van der Waals surface area contributed by atoms with Gasteiger partial charge in [-0.15, -0.1) is 0 Å². The Labute approximate surface area is 135 Å². The van der Waals surface area contributed by atoms with Crippen LogP contribution in [0.1, 0.15) is 50.7 Å². The summed E-state index contributed by atoms with van der Waals surface area (Å²) < 4.78 is 38.3. The average molecular weight is 332 g/mol. The lowest BCUT2D eigenvalue weighted by molar-refractivity contribution is -0.137. The van der Waals surface area contributed by atoms with Gasteiger partial charge in [0.2, 0.25) is 0 Å². The fourth-order valence-corrected chi connectivity index (χ4v) is 2.90. The van der Waals surface area contributed by atoms with E-state index in [4.69, 9.17) is 12.2 Å². The topological polar surface area (TPSA) is 24.1 Å². The predicted molar refractivity (Wildman–Crippen MR) is 89.1 cm³/mol. The van der Waals surface area contributed by atoms with Crippen molar-refractivity contribution in [1.82, 2.24) is 5.32 Å². The predicted octanol–water partition coefficient (Wildman–Crippen LogP) is 5.27. The maximum absolute atomic E-state index is 12.8. The van der Waals surface area contributed by atoms with Gasteiger partial charge in [0, 0.05) is 11.7 Å². The molecule has 0 aromatic heterocycles. The van der Waals surface area contributed by atoms with E-state index in [1.807, 2.05) is 0 Å². The van der Waals surface area contributed by atoms with Crippen molar-refractivity contribution in [1.29, 1.82) is 0 Å². The summed E-state index contributed by atoms with van der Waals surface area (Å²) in [7, 11) is 0. The minimum atomic E-state index is -4.35. The number of halogens is 3. The van der Waals surface area contributed by atoms with Gasteiger partial charge < -0.3 is 10.6 Å². The van der Waals surface area contributed by atoms with E-state index in [2.05, 4.69) is 10.6 Å². The first-order valence-electron chi connectivity index (χ1n) is 7.11. The van der Waals surface area contributed by atoms with Crippen LogP contribution in [-0.4, -0.2) is 11.2 Å². The highest BCUT2D eigenvalue weighted by molar-refractivity contribution is 7.80. The molecule has 2 N–H and O–H groups in total. The van der Waals surface area contributed by atoms with Crippen LogP contribution in [0.5, 0.6) is 0 Å². The second kappa shape index (κ2) is 7.81. The molecule has 124 valence electrons. The molecule has 1 fully saturated rings. The van der Waals surface area contributed by atoms with Crippen molar-refractivity contribution in [2.75, 3.05) is 5.32 Å². The molecule has 0 unspecified atom stereocenters. The van der Waals surface area contributed by atoms with E-state index in [0.29, 0.717) is 22.4 Å². The molecule has 2 nitrogen and oxygen atoms in total. The molecule has 0 aliphatic heterocycles. The summed E-state index contributed by atoms with van der Waals surface area (Å²) in [6.45, 7) is 1.64. The lowest BCUT2D eigenvalue weighted by Crippen LogP contribution is -2.38. The number of hydrogen-bond donors (Lipinski definition) is 2. The molecular formula is C16H23F3N2S. The van der Waals surface area contributed by atoms with E-state index in [9.17, 15) is 13.2 Å². The van der Waals surface area contributed by atoms with Crippen molar-refractivity contribution < 1.29 is 13.2 Å². The highest BCUT2D eigenvalue weighted by Crippen LogP contribution is 2.31. The summed E-state index contributed by atoms with van der Waals surface area (Å²) in [6.07, 6.45) is 1.35. The van der Waals surface area contributed by atoms with E-state index in [1.54, 1.807) is 13.0 Å². The molecule has 0 heterocycles. The van der Waals surface area contributed by atoms with Crippen LogP contribution in [0.2, 0.25) is 0 Å². The Kier molecular flexibility index (Phi) is 6.66. The van der Waals surface area contributed by atoms with Crippen molar-refractivity contribution in [2.24, 2.45) is 0 Å². The van der Waals surface area contributed by atoms with Crippen LogP contribution < -0.4 is 10.6 Å². The summed E-state index contributed by atoms with van der Waals surface area (Å²) >= 11 is 5.19. The maximum Gasteiger partial charge on any atom is 0.416 e.